The maximum absolute atomic E-state index is 12.9. The minimum atomic E-state index is -1.61. The van der Waals surface area contributed by atoms with Crippen molar-refractivity contribution in [2.24, 2.45) is 0 Å². The normalized spacial score (nSPS) is 11.1. The van der Waals surface area contributed by atoms with Crippen LogP contribution in [0.3, 0.4) is 0 Å². The van der Waals surface area contributed by atoms with E-state index in [0.717, 1.165) is 6.08 Å². The van der Waals surface area contributed by atoms with Crippen molar-refractivity contribution in [3.63, 3.8) is 0 Å². The van der Waals surface area contributed by atoms with Crippen LogP contribution < -0.4 is 9.47 Å². The quantitative estimate of drug-likeness (QED) is 0.799. The summed E-state index contributed by atoms with van der Waals surface area (Å²) in [4.78, 5) is 10.3. The molecule has 86 valence electrons. The molecule has 0 fully saturated rings. The van der Waals surface area contributed by atoms with Gasteiger partial charge in [0.2, 0.25) is 5.83 Å². The molecule has 1 aromatic carbocycles. The van der Waals surface area contributed by atoms with Crippen molar-refractivity contribution in [3.05, 3.63) is 29.6 Å². The molecule has 0 radical (unpaired) electrons. The second-order valence-electron chi connectivity index (χ2n) is 2.91. The van der Waals surface area contributed by atoms with E-state index >= 15 is 0 Å². The van der Waals surface area contributed by atoms with Crippen LogP contribution in [0.2, 0.25) is 0 Å². The maximum Gasteiger partial charge on any atom is 0.364 e. The highest BCUT2D eigenvalue weighted by Gasteiger charge is 2.08. The smallest absolute Gasteiger partial charge is 0.364 e. The molecular weight excluding hydrogens is 215 g/mol. The second kappa shape index (κ2) is 5.16. The molecule has 0 saturated heterocycles. The van der Waals surface area contributed by atoms with Crippen LogP contribution >= 0.6 is 0 Å². The maximum atomic E-state index is 12.9. The van der Waals surface area contributed by atoms with E-state index in [0.29, 0.717) is 17.1 Å². The second-order valence-corrected chi connectivity index (χ2v) is 2.91. The van der Waals surface area contributed by atoms with Crippen LogP contribution in [0, 0.1) is 0 Å². The molecule has 0 aliphatic rings. The first-order valence-electron chi connectivity index (χ1n) is 4.41. The van der Waals surface area contributed by atoms with Crippen LogP contribution in [0.25, 0.3) is 6.08 Å². The molecule has 0 unspecified atom stereocenters. The predicted octanol–water partition coefficient (Wildman–Crippen LogP) is 2.10. The lowest BCUT2D eigenvalue weighted by Crippen LogP contribution is -1.95. The third kappa shape index (κ3) is 2.73. The zero-order valence-corrected chi connectivity index (χ0v) is 8.86. The van der Waals surface area contributed by atoms with E-state index in [-0.39, 0.29) is 0 Å². The van der Waals surface area contributed by atoms with E-state index < -0.39 is 11.8 Å². The minimum Gasteiger partial charge on any atom is -0.497 e. The summed E-state index contributed by atoms with van der Waals surface area (Å²) in [5, 5.41) is 8.40. The number of aliphatic carboxylic acids is 1. The van der Waals surface area contributed by atoms with E-state index in [1.54, 1.807) is 12.1 Å². The number of hydrogen-bond donors (Lipinski definition) is 1. The van der Waals surface area contributed by atoms with Crippen LogP contribution in [-0.2, 0) is 4.79 Å². The van der Waals surface area contributed by atoms with Gasteiger partial charge in [-0.25, -0.2) is 4.79 Å². The Balaban J connectivity index is 3.14. The molecule has 0 amide bonds. The number of ether oxygens (including phenoxy) is 2. The summed E-state index contributed by atoms with van der Waals surface area (Å²) in [5.41, 5.74) is 0.336. The van der Waals surface area contributed by atoms with Gasteiger partial charge in [-0.1, -0.05) is 0 Å². The molecule has 0 aromatic heterocycles. The van der Waals surface area contributed by atoms with Crippen LogP contribution in [0.15, 0.2) is 24.0 Å². The Morgan fingerprint density at radius 3 is 2.56 bits per heavy atom. The predicted molar refractivity (Wildman–Crippen MR) is 56.3 cm³/mol. The third-order valence-corrected chi connectivity index (χ3v) is 1.93. The molecule has 0 heterocycles. The molecule has 0 atom stereocenters. The Hall–Kier alpha value is -2.04. The van der Waals surface area contributed by atoms with Crippen molar-refractivity contribution in [2.75, 3.05) is 14.2 Å². The molecule has 1 aromatic rings. The molecule has 5 heteroatoms. The van der Waals surface area contributed by atoms with Crippen LogP contribution in [0.4, 0.5) is 4.39 Å². The topological polar surface area (TPSA) is 55.8 Å². The summed E-state index contributed by atoms with van der Waals surface area (Å²) >= 11 is 0. The van der Waals surface area contributed by atoms with Gasteiger partial charge in [0, 0.05) is 11.6 Å². The third-order valence-electron chi connectivity index (χ3n) is 1.93. The molecule has 4 nitrogen and oxygen atoms in total. The highest BCUT2D eigenvalue weighted by molar-refractivity contribution is 5.90. The average molecular weight is 226 g/mol. The van der Waals surface area contributed by atoms with Crippen molar-refractivity contribution in [1.82, 2.24) is 0 Å². The minimum absolute atomic E-state index is 0.336. The van der Waals surface area contributed by atoms with Gasteiger partial charge in [-0.05, 0) is 18.2 Å². The zero-order chi connectivity index (χ0) is 12.1. The number of benzene rings is 1. The Kier molecular flexibility index (Phi) is 3.88. The summed E-state index contributed by atoms with van der Waals surface area (Å²) in [6.45, 7) is 0. The SMILES string of the molecule is COc1ccc(C=C(F)C(=O)O)c(OC)c1. The molecule has 16 heavy (non-hydrogen) atoms. The standard InChI is InChI=1S/C11H11FO4/c1-15-8-4-3-7(10(6-8)16-2)5-9(12)11(13)14/h3-6H,1-2H3,(H,13,14). The van der Waals surface area contributed by atoms with Crippen molar-refractivity contribution < 1.29 is 23.8 Å². The van der Waals surface area contributed by atoms with E-state index in [1.165, 1.54) is 20.3 Å². The Morgan fingerprint density at radius 1 is 1.38 bits per heavy atom. The molecule has 1 rings (SSSR count). The lowest BCUT2D eigenvalue weighted by molar-refractivity contribution is -0.134. The highest BCUT2D eigenvalue weighted by atomic mass is 19.1. The number of carboxylic acid groups (broad SMARTS) is 1. The van der Waals surface area contributed by atoms with Crippen molar-refractivity contribution >= 4 is 12.0 Å². The van der Waals surface area contributed by atoms with Gasteiger partial charge >= 0.3 is 5.97 Å². The summed E-state index contributed by atoms with van der Waals surface area (Å²) in [6, 6.07) is 4.64. The van der Waals surface area contributed by atoms with E-state index in [1.807, 2.05) is 0 Å². The molecular formula is C11H11FO4. The largest absolute Gasteiger partial charge is 0.497 e. The molecule has 0 aliphatic carbocycles. The van der Waals surface area contributed by atoms with E-state index in [2.05, 4.69) is 0 Å². The monoisotopic (exact) mass is 226 g/mol. The lowest BCUT2D eigenvalue weighted by atomic mass is 10.1. The molecule has 0 spiro atoms. The first kappa shape index (κ1) is 12.0. The van der Waals surface area contributed by atoms with Crippen LogP contribution in [-0.4, -0.2) is 25.3 Å². The van der Waals surface area contributed by atoms with Gasteiger partial charge in [0.15, 0.2) is 0 Å². The van der Waals surface area contributed by atoms with E-state index in [4.69, 9.17) is 14.6 Å². The van der Waals surface area contributed by atoms with Gasteiger partial charge in [-0.2, -0.15) is 4.39 Å². The van der Waals surface area contributed by atoms with Crippen molar-refractivity contribution in [2.45, 2.75) is 0 Å². The molecule has 0 saturated carbocycles. The Morgan fingerprint density at radius 2 is 2.06 bits per heavy atom. The molecule has 0 bridgehead atoms. The molecule has 0 aliphatic heterocycles. The van der Waals surface area contributed by atoms with Gasteiger partial charge in [0.05, 0.1) is 14.2 Å². The zero-order valence-electron chi connectivity index (χ0n) is 8.86. The number of halogens is 1. The van der Waals surface area contributed by atoms with E-state index in [9.17, 15) is 9.18 Å². The summed E-state index contributed by atoms with van der Waals surface area (Å²) < 4.78 is 22.8. The van der Waals surface area contributed by atoms with Gasteiger partial charge in [-0.3, -0.25) is 0 Å². The number of carboxylic acids is 1. The van der Waals surface area contributed by atoms with Crippen LogP contribution in [0.1, 0.15) is 5.56 Å². The lowest BCUT2D eigenvalue weighted by Gasteiger charge is -2.07. The highest BCUT2D eigenvalue weighted by Crippen LogP contribution is 2.26. The number of carbonyl (C=O) groups is 1. The molecule has 1 N–H and O–H groups in total. The fourth-order valence-electron chi connectivity index (χ4n) is 1.14. The van der Waals surface area contributed by atoms with Crippen molar-refractivity contribution in [3.8, 4) is 11.5 Å². The number of methoxy groups -OCH3 is 2. The summed E-state index contributed by atoms with van der Waals surface area (Å²) in [7, 11) is 2.90. The number of hydrogen-bond acceptors (Lipinski definition) is 3. The Labute approximate surface area is 91.9 Å². The fraction of sp³-hybridized carbons (Fsp3) is 0.182. The van der Waals surface area contributed by atoms with Crippen LogP contribution in [0.5, 0.6) is 11.5 Å². The average Bonchev–Trinajstić information content (AvgIpc) is 2.29. The van der Waals surface area contributed by atoms with Gasteiger partial charge in [0.25, 0.3) is 0 Å². The van der Waals surface area contributed by atoms with Crippen molar-refractivity contribution in [1.29, 1.82) is 0 Å². The fourth-order valence-corrected chi connectivity index (χ4v) is 1.14. The number of rotatable bonds is 4. The van der Waals surface area contributed by atoms with Gasteiger partial charge in [0.1, 0.15) is 11.5 Å². The first-order valence-corrected chi connectivity index (χ1v) is 4.41. The van der Waals surface area contributed by atoms with Gasteiger partial charge < -0.3 is 14.6 Å². The first-order chi connectivity index (χ1) is 7.58. The Bertz CT molecular complexity index is 426. The summed E-state index contributed by atoms with van der Waals surface area (Å²) in [5.74, 6) is -1.97. The van der Waals surface area contributed by atoms with Gasteiger partial charge in [-0.15, -0.1) is 0 Å². The summed E-state index contributed by atoms with van der Waals surface area (Å²) in [6.07, 6.45) is 0.889.